The Morgan fingerprint density at radius 2 is 2.25 bits per heavy atom. The molecule has 88 valence electrons. The zero-order chi connectivity index (χ0) is 12.1. The number of nitrogens with zero attached hydrogens (tertiary/aromatic N) is 2. The highest BCUT2D eigenvalue weighted by atomic mass is 32.1. The number of carbonyl (C=O) groups excluding carboxylic acids is 1. The number of aryl methyl sites for hydroxylation is 1. The lowest BCUT2D eigenvalue weighted by Gasteiger charge is -2.19. The van der Waals surface area contributed by atoms with Crippen LogP contribution in [0.4, 0.5) is 0 Å². The Morgan fingerprint density at radius 3 is 2.69 bits per heavy atom. The van der Waals surface area contributed by atoms with Crippen molar-refractivity contribution in [2.45, 2.75) is 20.3 Å². The molecule has 0 aliphatic rings. The average Bonchev–Trinajstić information content (AvgIpc) is 2.64. The number of carboxylic acid groups (broad SMARTS) is 1. The predicted octanol–water partition coefficient (Wildman–Crippen LogP) is 1.39. The number of carbonyl (C=O) groups is 2. The summed E-state index contributed by atoms with van der Waals surface area (Å²) in [7, 11) is 0. The minimum atomic E-state index is -0.896. The summed E-state index contributed by atoms with van der Waals surface area (Å²) < 4.78 is 0. The number of hydrogen-bond acceptors (Lipinski definition) is 4. The normalized spacial score (nSPS) is 10.1. The number of hydrogen-bond donors (Lipinski definition) is 1. The molecule has 1 amide bonds. The fourth-order valence-corrected chi connectivity index (χ4v) is 2.05. The zero-order valence-electron chi connectivity index (χ0n) is 9.27. The van der Waals surface area contributed by atoms with Gasteiger partial charge in [0.1, 0.15) is 4.88 Å². The Balaban J connectivity index is 2.70. The van der Waals surface area contributed by atoms with E-state index >= 15 is 0 Å². The molecule has 0 aliphatic heterocycles. The lowest BCUT2D eigenvalue weighted by atomic mass is 10.3. The number of aromatic nitrogens is 1. The molecule has 1 aromatic heterocycles. The van der Waals surface area contributed by atoms with Gasteiger partial charge in [-0.3, -0.25) is 9.59 Å². The van der Waals surface area contributed by atoms with Gasteiger partial charge in [0.2, 0.25) is 0 Å². The Hall–Kier alpha value is -1.43. The van der Waals surface area contributed by atoms with E-state index in [1.807, 2.05) is 6.92 Å². The van der Waals surface area contributed by atoms with Crippen molar-refractivity contribution in [3.63, 3.8) is 0 Å². The van der Waals surface area contributed by atoms with Gasteiger partial charge >= 0.3 is 5.97 Å². The predicted molar refractivity (Wildman–Crippen MR) is 60.7 cm³/mol. The van der Waals surface area contributed by atoms with Crippen molar-refractivity contribution in [1.82, 2.24) is 9.88 Å². The second-order valence-electron chi connectivity index (χ2n) is 3.30. The lowest BCUT2D eigenvalue weighted by Crippen LogP contribution is -2.32. The zero-order valence-corrected chi connectivity index (χ0v) is 10.1. The summed E-state index contributed by atoms with van der Waals surface area (Å²) in [6, 6.07) is 0. The molecule has 0 aromatic carbocycles. The van der Waals surface area contributed by atoms with Crippen LogP contribution in [-0.2, 0) is 4.79 Å². The van der Waals surface area contributed by atoms with Gasteiger partial charge in [0.15, 0.2) is 0 Å². The van der Waals surface area contributed by atoms with E-state index in [1.54, 1.807) is 12.4 Å². The van der Waals surface area contributed by atoms with Gasteiger partial charge in [0, 0.05) is 13.1 Å². The van der Waals surface area contributed by atoms with Crippen LogP contribution in [0.2, 0.25) is 0 Å². The molecule has 0 saturated heterocycles. The lowest BCUT2D eigenvalue weighted by molar-refractivity contribution is -0.137. The van der Waals surface area contributed by atoms with Crippen LogP contribution in [0.15, 0.2) is 5.51 Å². The highest BCUT2D eigenvalue weighted by molar-refractivity contribution is 7.11. The summed E-state index contributed by atoms with van der Waals surface area (Å²) in [5.74, 6) is -1.03. The third-order valence-electron chi connectivity index (χ3n) is 2.20. The van der Waals surface area contributed by atoms with Gasteiger partial charge < -0.3 is 10.0 Å². The Labute approximate surface area is 97.7 Å². The van der Waals surface area contributed by atoms with Gasteiger partial charge in [-0.2, -0.15) is 0 Å². The molecule has 0 saturated carbocycles. The number of thiazole rings is 1. The third-order valence-corrected chi connectivity index (χ3v) is 3.12. The molecule has 1 rings (SSSR count). The maximum atomic E-state index is 12.0. The summed E-state index contributed by atoms with van der Waals surface area (Å²) in [4.78, 5) is 28.5. The van der Waals surface area contributed by atoms with E-state index in [0.29, 0.717) is 17.1 Å². The van der Waals surface area contributed by atoms with E-state index in [4.69, 9.17) is 5.11 Å². The Bertz CT molecular complexity index is 389. The quantitative estimate of drug-likeness (QED) is 0.847. The minimum absolute atomic E-state index is 0.0303. The monoisotopic (exact) mass is 242 g/mol. The van der Waals surface area contributed by atoms with E-state index in [1.165, 1.54) is 16.2 Å². The van der Waals surface area contributed by atoms with Crippen molar-refractivity contribution in [2.24, 2.45) is 0 Å². The van der Waals surface area contributed by atoms with Gasteiger partial charge in [-0.15, -0.1) is 11.3 Å². The van der Waals surface area contributed by atoms with Crippen molar-refractivity contribution >= 4 is 23.2 Å². The van der Waals surface area contributed by atoms with Gasteiger partial charge in [0.25, 0.3) is 5.91 Å². The fourth-order valence-electron chi connectivity index (χ4n) is 1.28. The minimum Gasteiger partial charge on any atom is -0.481 e. The number of amides is 1. The molecule has 0 fully saturated rings. The van der Waals surface area contributed by atoms with Crippen molar-refractivity contribution in [3.05, 3.63) is 16.1 Å². The summed E-state index contributed by atoms with van der Waals surface area (Å²) in [6.07, 6.45) is -0.0303. The molecular formula is C10H14N2O3S. The summed E-state index contributed by atoms with van der Waals surface area (Å²) in [5.41, 5.74) is 2.32. The molecule has 1 heterocycles. The third kappa shape index (κ3) is 3.03. The van der Waals surface area contributed by atoms with Gasteiger partial charge in [-0.05, 0) is 13.8 Å². The number of carboxylic acids is 1. The molecular weight excluding hydrogens is 228 g/mol. The first-order valence-electron chi connectivity index (χ1n) is 4.97. The summed E-state index contributed by atoms with van der Waals surface area (Å²) >= 11 is 1.29. The first-order valence-corrected chi connectivity index (χ1v) is 5.85. The molecule has 0 spiro atoms. The van der Waals surface area contributed by atoms with Gasteiger partial charge in [0.05, 0.1) is 17.6 Å². The second kappa shape index (κ2) is 5.60. The summed E-state index contributed by atoms with van der Waals surface area (Å²) in [6.45, 7) is 4.34. The molecule has 5 nitrogen and oxygen atoms in total. The van der Waals surface area contributed by atoms with Gasteiger partial charge in [-0.25, -0.2) is 4.98 Å². The smallest absolute Gasteiger partial charge is 0.305 e. The topological polar surface area (TPSA) is 70.5 Å². The van der Waals surface area contributed by atoms with Crippen LogP contribution in [0.25, 0.3) is 0 Å². The molecule has 16 heavy (non-hydrogen) atoms. The van der Waals surface area contributed by atoms with Crippen LogP contribution in [0.1, 0.15) is 28.7 Å². The molecule has 1 aromatic rings. The van der Waals surface area contributed by atoms with Crippen LogP contribution in [0.5, 0.6) is 0 Å². The Kier molecular flexibility index (Phi) is 4.42. The first-order chi connectivity index (χ1) is 7.56. The second-order valence-corrected chi connectivity index (χ2v) is 4.15. The van der Waals surface area contributed by atoms with E-state index in [0.717, 1.165) is 0 Å². The highest BCUT2D eigenvalue weighted by Gasteiger charge is 2.18. The van der Waals surface area contributed by atoms with Crippen LogP contribution < -0.4 is 0 Å². The van der Waals surface area contributed by atoms with Crippen LogP contribution in [0.3, 0.4) is 0 Å². The van der Waals surface area contributed by atoms with Crippen LogP contribution >= 0.6 is 11.3 Å². The fraction of sp³-hybridized carbons (Fsp3) is 0.500. The largest absolute Gasteiger partial charge is 0.481 e. The van der Waals surface area contributed by atoms with Crippen LogP contribution in [-0.4, -0.2) is 40.0 Å². The maximum Gasteiger partial charge on any atom is 0.305 e. The molecule has 0 bridgehead atoms. The average molecular weight is 242 g/mol. The number of aliphatic carboxylic acids is 1. The molecule has 0 radical (unpaired) electrons. The van der Waals surface area contributed by atoms with Crippen molar-refractivity contribution < 1.29 is 14.7 Å². The first kappa shape index (κ1) is 12.6. The van der Waals surface area contributed by atoms with Crippen molar-refractivity contribution in [1.29, 1.82) is 0 Å². The Morgan fingerprint density at radius 1 is 1.56 bits per heavy atom. The van der Waals surface area contributed by atoms with E-state index < -0.39 is 5.97 Å². The highest BCUT2D eigenvalue weighted by Crippen LogP contribution is 2.15. The molecule has 1 N–H and O–H groups in total. The molecule has 0 aliphatic carbocycles. The van der Waals surface area contributed by atoms with Crippen molar-refractivity contribution in [2.75, 3.05) is 13.1 Å². The van der Waals surface area contributed by atoms with E-state index in [-0.39, 0.29) is 18.9 Å². The molecule has 6 heteroatoms. The van der Waals surface area contributed by atoms with E-state index in [9.17, 15) is 9.59 Å². The SMILES string of the molecule is CCN(CCC(=O)O)C(=O)c1scnc1C. The molecule has 0 atom stereocenters. The molecule has 0 unspecified atom stereocenters. The standard InChI is InChI=1S/C10H14N2O3S/c1-3-12(5-4-8(13)14)10(15)9-7(2)11-6-16-9/h6H,3-5H2,1-2H3,(H,13,14). The van der Waals surface area contributed by atoms with Crippen molar-refractivity contribution in [3.8, 4) is 0 Å². The van der Waals surface area contributed by atoms with Gasteiger partial charge in [-0.1, -0.05) is 0 Å². The van der Waals surface area contributed by atoms with Crippen LogP contribution in [0, 0.1) is 6.92 Å². The van der Waals surface area contributed by atoms with E-state index in [2.05, 4.69) is 4.98 Å². The number of rotatable bonds is 5. The summed E-state index contributed by atoms with van der Waals surface area (Å²) in [5, 5.41) is 8.58. The maximum absolute atomic E-state index is 12.0.